The molecule has 1 heterocycles. The van der Waals surface area contributed by atoms with Crippen LogP contribution in [0.2, 0.25) is 0 Å². The molecule has 2 aromatic carbocycles. The molecule has 0 aliphatic carbocycles. The van der Waals surface area contributed by atoms with Gasteiger partial charge in [-0.3, -0.25) is 0 Å². The molecule has 0 saturated carbocycles. The van der Waals surface area contributed by atoms with Crippen molar-refractivity contribution in [3.05, 3.63) is 59.4 Å². The Bertz CT molecular complexity index is 792. The minimum absolute atomic E-state index is 0.911. The van der Waals surface area contributed by atoms with Crippen molar-refractivity contribution in [2.75, 3.05) is 0 Å². The van der Waals surface area contributed by atoms with E-state index in [1.54, 1.807) is 0 Å². The number of rotatable bonds is 3. The molecule has 0 atom stereocenters. The van der Waals surface area contributed by atoms with Gasteiger partial charge in [-0.1, -0.05) is 48.9 Å². The van der Waals surface area contributed by atoms with Gasteiger partial charge in [-0.25, -0.2) is 4.98 Å². The van der Waals surface area contributed by atoms with E-state index in [2.05, 4.69) is 55.2 Å². The van der Waals surface area contributed by atoms with Crippen molar-refractivity contribution in [1.29, 1.82) is 0 Å². The smallest absolute Gasteiger partial charge is 0.130 e. The number of allylic oxidation sites excluding steroid dienone is 1. The first-order valence-corrected chi connectivity index (χ1v) is 7.44. The van der Waals surface area contributed by atoms with Gasteiger partial charge in [-0.05, 0) is 43.5 Å². The number of H-pyrrole nitrogens is 1. The summed E-state index contributed by atoms with van der Waals surface area (Å²) in [5, 5.41) is 0. The Labute approximate surface area is 125 Å². The van der Waals surface area contributed by atoms with E-state index < -0.39 is 0 Å². The number of imidazole rings is 1. The first-order chi connectivity index (χ1) is 10.2. The highest BCUT2D eigenvalue weighted by molar-refractivity contribution is 5.94. The van der Waals surface area contributed by atoms with E-state index in [4.69, 9.17) is 4.98 Å². The standard InChI is InChI=1S/C19H20N2/c1-4-6-17-20-16-12-11-14(5-2)18(19(16)21-17)15-9-7-13(3)8-10-15/h4,6-12H,5H2,1-3H3,(H,20,21). The van der Waals surface area contributed by atoms with Gasteiger partial charge in [0.15, 0.2) is 0 Å². The molecule has 0 fully saturated rings. The normalized spacial score (nSPS) is 11.6. The van der Waals surface area contributed by atoms with Gasteiger partial charge in [0.25, 0.3) is 0 Å². The number of aromatic nitrogens is 2. The number of fused-ring (bicyclic) bond motifs is 1. The molecular weight excluding hydrogens is 256 g/mol. The molecule has 0 aliphatic heterocycles. The summed E-state index contributed by atoms with van der Waals surface area (Å²) in [5.41, 5.74) is 7.26. The molecule has 1 N–H and O–H groups in total. The van der Waals surface area contributed by atoms with Gasteiger partial charge in [0, 0.05) is 5.56 Å². The lowest BCUT2D eigenvalue weighted by Gasteiger charge is -2.09. The second kappa shape index (κ2) is 5.57. The second-order valence-corrected chi connectivity index (χ2v) is 5.34. The fraction of sp³-hybridized carbons (Fsp3) is 0.211. The summed E-state index contributed by atoms with van der Waals surface area (Å²) in [6.45, 7) is 6.31. The molecule has 3 aromatic rings. The molecule has 0 aliphatic rings. The zero-order chi connectivity index (χ0) is 14.8. The lowest BCUT2D eigenvalue weighted by molar-refractivity contribution is 1.15. The summed E-state index contributed by atoms with van der Waals surface area (Å²) in [7, 11) is 0. The molecule has 0 radical (unpaired) electrons. The van der Waals surface area contributed by atoms with Crippen LogP contribution in [0.15, 0.2) is 42.5 Å². The predicted molar refractivity (Wildman–Crippen MR) is 90.4 cm³/mol. The minimum Gasteiger partial charge on any atom is -0.338 e. The Kier molecular flexibility index (Phi) is 3.61. The van der Waals surface area contributed by atoms with E-state index in [1.807, 2.05) is 19.1 Å². The van der Waals surface area contributed by atoms with E-state index >= 15 is 0 Å². The van der Waals surface area contributed by atoms with Crippen LogP contribution >= 0.6 is 0 Å². The average Bonchev–Trinajstić information content (AvgIpc) is 2.90. The molecule has 0 spiro atoms. The Morgan fingerprint density at radius 3 is 2.52 bits per heavy atom. The van der Waals surface area contributed by atoms with Crippen LogP contribution in [0.1, 0.15) is 30.8 Å². The maximum absolute atomic E-state index is 4.77. The lowest BCUT2D eigenvalue weighted by Crippen LogP contribution is -1.90. The summed E-state index contributed by atoms with van der Waals surface area (Å²) >= 11 is 0. The SMILES string of the molecule is CC=Cc1nc2c(-c3ccc(C)cc3)c(CC)ccc2[nH]1. The molecule has 2 nitrogen and oxygen atoms in total. The summed E-state index contributed by atoms with van der Waals surface area (Å²) in [6, 6.07) is 13.0. The van der Waals surface area contributed by atoms with Crippen molar-refractivity contribution in [2.45, 2.75) is 27.2 Å². The van der Waals surface area contributed by atoms with Crippen molar-refractivity contribution in [1.82, 2.24) is 9.97 Å². The molecule has 106 valence electrons. The Hall–Kier alpha value is -2.35. The van der Waals surface area contributed by atoms with Gasteiger partial charge < -0.3 is 4.98 Å². The van der Waals surface area contributed by atoms with Crippen molar-refractivity contribution >= 4 is 17.1 Å². The van der Waals surface area contributed by atoms with Gasteiger partial charge in [0.1, 0.15) is 5.82 Å². The zero-order valence-electron chi connectivity index (χ0n) is 12.8. The number of hydrogen-bond acceptors (Lipinski definition) is 1. The first kappa shape index (κ1) is 13.6. The largest absolute Gasteiger partial charge is 0.338 e. The number of hydrogen-bond donors (Lipinski definition) is 1. The van der Waals surface area contributed by atoms with E-state index in [1.165, 1.54) is 22.3 Å². The van der Waals surface area contributed by atoms with E-state index in [-0.39, 0.29) is 0 Å². The quantitative estimate of drug-likeness (QED) is 0.705. The Morgan fingerprint density at radius 2 is 1.86 bits per heavy atom. The number of nitrogens with one attached hydrogen (secondary N) is 1. The fourth-order valence-corrected chi connectivity index (χ4v) is 2.71. The second-order valence-electron chi connectivity index (χ2n) is 5.34. The van der Waals surface area contributed by atoms with E-state index in [0.29, 0.717) is 0 Å². The van der Waals surface area contributed by atoms with Gasteiger partial charge in [-0.15, -0.1) is 0 Å². The van der Waals surface area contributed by atoms with E-state index in [0.717, 1.165) is 23.3 Å². The first-order valence-electron chi connectivity index (χ1n) is 7.44. The number of benzene rings is 2. The number of aromatic amines is 1. The van der Waals surface area contributed by atoms with Crippen molar-refractivity contribution < 1.29 is 0 Å². The summed E-state index contributed by atoms with van der Waals surface area (Å²) in [6.07, 6.45) is 5.01. The van der Waals surface area contributed by atoms with Crippen LogP contribution in [0.3, 0.4) is 0 Å². The number of aryl methyl sites for hydroxylation is 2. The van der Waals surface area contributed by atoms with Gasteiger partial charge in [-0.2, -0.15) is 0 Å². The Balaban J connectivity index is 2.28. The molecule has 21 heavy (non-hydrogen) atoms. The van der Waals surface area contributed by atoms with Crippen LogP contribution in [-0.2, 0) is 6.42 Å². The lowest BCUT2D eigenvalue weighted by atomic mass is 9.96. The monoisotopic (exact) mass is 276 g/mol. The zero-order valence-corrected chi connectivity index (χ0v) is 12.8. The highest BCUT2D eigenvalue weighted by Crippen LogP contribution is 2.31. The van der Waals surface area contributed by atoms with Gasteiger partial charge >= 0.3 is 0 Å². The van der Waals surface area contributed by atoms with Crippen molar-refractivity contribution in [3.63, 3.8) is 0 Å². The third-order valence-corrected chi connectivity index (χ3v) is 3.80. The molecule has 1 aromatic heterocycles. The summed E-state index contributed by atoms with van der Waals surface area (Å²) < 4.78 is 0. The van der Waals surface area contributed by atoms with Crippen molar-refractivity contribution in [3.8, 4) is 11.1 Å². The molecular formula is C19H20N2. The van der Waals surface area contributed by atoms with Crippen LogP contribution in [0.25, 0.3) is 28.2 Å². The molecule has 3 rings (SSSR count). The maximum atomic E-state index is 4.77. The third-order valence-electron chi connectivity index (χ3n) is 3.80. The third kappa shape index (κ3) is 2.49. The molecule has 2 heteroatoms. The highest BCUT2D eigenvalue weighted by atomic mass is 14.9. The van der Waals surface area contributed by atoms with Crippen LogP contribution < -0.4 is 0 Å². The van der Waals surface area contributed by atoms with Crippen LogP contribution in [0.4, 0.5) is 0 Å². The predicted octanol–water partition coefficient (Wildman–Crippen LogP) is 5.13. The van der Waals surface area contributed by atoms with Crippen molar-refractivity contribution in [2.24, 2.45) is 0 Å². The molecule has 0 bridgehead atoms. The van der Waals surface area contributed by atoms with Crippen LogP contribution in [-0.4, -0.2) is 9.97 Å². The van der Waals surface area contributed by atoms with Gasteiger partial charge in [0.2, 0.25) is 0 Å². The van der Waals surface area contributed by atoms with E-state index in [9.17, 15) is 0 Å². The average molecular weight is 276 g/mol. The fourth-order valence-electron chi connectivity index (χ4n) is 2.71. The Morgan fingerprint density at radius 1 is 1.10 bits per heavy atom. The van der Waals surface area contributed by atoms with Crippen LogP contribution in [0, 0.1) is 6.92 Å². The molecule has 0 saturated heterocycles. The van der Waals surface area contributed by atoms with Crippen LogP contribution in [0.5, 0.6) is 0 Å². The van der Waals surface area contributed by atoms with Gasteiger partial charge in [0.05, 0.1) is 11.0 Å². The summed E-state index contributed by atoms with van der Waals surface area (Å²) in [4.78, 5) is 8.14. The molecule has 0 amide bonds. The number of nitrogens with zero attached hydrogens (tertiary/aromatic N) is 1. The minimum atomic E-state index is 0.911. The molecule has 0 unspecified atom stereocenters. The topological polar surface area (TPSA) is 28.7 Å². The summed E-state index contributed by atoms with van der Waals surface area (Å²) in [5.74, 6) is 0.911. The highest BCUT2D eigenvalue weighted by Gasteiger charge is 2.12. The maximum Gasteiger partial charge on any atom is 0.130 e.